The molecule has 1 aromatic rings. The van der Waals surface area contributed by atoms with Crippen LogP contribution in [-0.2, 0) is 4.79 Å². The summed E-state index contributed by atoms with van der Waals surface area (Å²) in [6.07, 6.45) is 0.717. The maximum atomic E-state index is 11.1. The van der Waals surface area contributed by atoms with Gasteiger partial charge in [-0.15, -0.1) is 0 Å². The summed E-state index contributed by atoms with van der Waals surface area (Å²) in [5.41, 5.74) is 0. The molecule has 1 aromatic carbocycles. The Morgan fingerprint density at radius 1 is 1.39 bits per heavy atom. The zero-order valence-corrected chi connectivity index (χ0v) is 11.6. The van der Waals surface area contributed by atoms with Crippen molar-refractivity contribution in [3.63, 3.8) is 0 Å². The average Bonchev–Trinajstić information content (AvgIpc) is 2.31. The predicted octanol–water partition coefficient (Wildman–Crippen LogP) is 2.10. The second-order valence-electron chi connectivity index (χ2n) is 3.66. The van der Waals surface area contributed by atoms with E-state index in [0.717, 1.165) is 0 Å². The Kier molecular flexibility index (Phi) is 6.86. The van der Waals surface area contributed by atoms with Gasteiger partial charge in [-0.05, 0) is 31.7 Å². The number of benzene rings is 1. The summed E-state index contributed by atoms with van der Waals surface area (Å²) >= 11 is 11.7. The van der Waals surface area contributed by atoms with E-state index in [2.05, 4.69) is 10.6 Å². The van der Waals surface area contributed by atoms with Crippen LogP contribution in [0.15, 0.2) is 18.2 Å². The number of carbonyl (C=O) groups is 1. The first-order valence-electron chi connectivity index (χ1n) is 5.62. The predicted molar refractivity (Wildman–Crippen MR) is 73.5 cm³/mol. The van der Waals surface area contributed by atoms with E-state index in [1.165, 1.54) is 0 Å². The molecule has 0 aromatic heterocycles. The Morgan fingerprint density at radius 3 is 2.83 bits per heavy atom. The first-order chi connectivity index (χ1) is 8.63. The van der Waals surface area contributed by atoms with Gasteiger partial charge in [0, 0.05) is 11.6 Å². The molecule has 0 unspecified atom stereocenters. The Morgan fingerprint density at radius 2 is 2.17 bits per heavy atom. The Hall–Kier alpha value is -0.970. The Labute approximate surface area is 117 Å². The summed E-state index contributed by atoms with van der Waals surface area (Å²) in [5.74, 6) is 0.574. The molecule has 4 nitrogen and oxygen atoms in total. The molecule has 0 saturated carbocycles. The van der Waals surface area contributed by atoms with Crippen LogP contribution in [0.25, 0.3) is 0 Å². The van der Waals surface area contributed by atoms with Crippen LogP contribution in [0.1, 0.15) is 6.42 Å². The van der Waals surface area contributed by atoms with Gasteiger partial charge in [0.1, 0.15) is 5.75 Å². The number of nitrogens with one attached hydrogen (secondary N) is 2. The lowest BCUT2D eigenvalue weighted by Crippen LogP contribution is -2.33. The molecule has 0 spiro atoms. The van der Waals surface area contributed by atoms with Crippen molar-refractivity contribution >= 4 is 29.1 Å². The second kappa shape index (κ2) is 8.19. The van der Waals surface area contributed by atoms with Gasteiger partial charge in [-0.2, -0.15) is 0 Å². The van der Waals surface area contributed by atoms with Gasteiger partial charge < -0.3 is 15.4 Å². The van der Waals surface area contributed by atoms with Crippen molar-refractivity contribution in [2.45, 2.75) is 6.42 Å². The van der Waals surface area contributed by atoms with Crippen LogP contribution in [0.3, 0.4) is 0 Å². The van der Waals surface area contributed by atoms with E-state index < -0.39 is 0 Å². The number of halogens is 2. The number of amides is 1. The van der Waals surface area contributed by atoms with Crippen LogP contribution >= 0.6 is 23.2 Å². The van der Waals surface area contributed by atoms with Crippen LogP contribution in [0, 0.1) is 0 Å². The molecule has 0 bridgehead atoms. The largest absolute Gasteiger partial charge is 0.492 e. The van der Waals surface area contributed by atoms with E-state index in [1.54, 1.807) is 25.2 Å². The van der Waals surface area contributed by atoms with Gasteiger partial charge in [0.05, 0.1) is 18.2 Å². The van der Waals surface area contributed by atoms with Crippen LogP contribution in [0.2, 0.25) is 10.0 Å². The van der Waals surface area contributed by atoms with Gasteiger partial charge in [0.25, 0.3) is 0 Å². The number of hydrogen-bond acceptors (Lipinski definition) is 3. The first-order valence-corrected chi connectivity index (χ1v) is 6.38. The molecule has 0 aliphatic heterocycles. The molecule has 0 aliphatic rings. The highest BCUT2D eigenvalue weighted by molar-refractivity contribution is 6.35. The fourth-order valence-corrected chi connectivity index (χ4v) is 1.76. The van der Waals surface area contributed by atoms with Gasteiger partial charge in [0.15, 0.2) is 0 Å². The standard InChI is InChI=1S/C12H16Cl2N2O2/c1-15-8-12(17)16-5-2-6-18-11-4-3-9(13)7-10(11)14/h3-4,7,15H,2,5-6,8H2,1H3,(H,16,17). The smallest absolute Gasteiger partial charge is 0.233 e. The molecule has 0 atom stereocenters. The highest BCUT2D eigenvalue weighted by Gasteiger charge is 2.02. The quantitative estimate of drug-likeness (QED) is 0.756. The topological polar surface area (TPSA) is 50.4 Å². The second-order valence-corrected chi connectivity index (χ2v) is 4.50. The third-order valence-electron chi connectivity index (χ3n) is 2.13. The summed E-state index contributed by atoms with van der Waals surface area (Å²) < 4.78 is 5.48. The lowest BCUT2D eigenvalue weighted by molar-refractivity contribution is -0.120. The summed E-state index contributed by atoms with van der Waals surface area (Å²) in [5, 5.41) is 6.60. The van der Waals surface area contributed by atoms with E-state index in [9.17, 15) is 4.79 Å². The maximum absolute atomic E-state index is 11.1. The Bertz CT molecular complexity index is 400. The molecule has 18 heavy (non-hydrogen) atoms. The zero-order chi connectivity index (χ0) is 13.4. The SMILES string of the molecule is CNCC(=O)NCCCOc1ccc(Cl)cc1Cl. The van der Waals surface area contributed by atoms with Crippen LogP contribution in [0.4, 0.5) is 0 Å². The van der Waals surface area contributed by atoms with Crippen molar-refractivity contribution < 1.29 is 9.53 Å². The molecule has 6 heteroatoms. The van der Waals surface area contributed by atoms with Crippen molar-refractivity contribution in [2.24, 2.45) is 0 Å². The maximum Gasteiger partial charge on any atom is 0.233 e. The molecule has 2 N–H and O–H groups in total. The zero-order valence-electron chi connectivity index (χ0n) is 10.1. The van der Waals surface area contributed by atoms with Crippen LogP contribution in [-0.4, -0.2) is 32.7 Å². The van der Waals surface area contributed by atoms with E-state index in [4.69, 9.17) is 27.9 Å². The fraction of sp³-hybridized carbons (Fsp3) is 0.417. The van der Waals surface area contributed by atoms with Crippen molar-refractivity contribution in [1.82, 2.24) is 10.6 Å². The summed E-state index contributed by atoms with van der Waals surface area (Å²) in [7, 11) is 1.73. The van der Waals surface area contributed by atoms with Gasteiger partial charge in [-0.1, -0.05) is 23.2 Å². The third kappa shape index (κ3) is 5.58. The summed E-state index contributed by atoms with van der Waals surface area (Å²) in [6.45, 7) is 1.39. The van der Waals surface area contributed by atoms with E-state index in [1.807, 2.05) is 0 Å². The van der Waals surface area contributed by atoms with E-state index >= 15 is 0 Å². The first kappa shape index (κ1) is 15.1. The molecule has 100 valence electrons. The lowest BCUT2D eigenvalue weighted by Gasteiger charge is -2.08. The van der Waals surface area contributed by atoms with Crippen molar-refractivity contribution in [1.29, 1.82) is 0 Å². The fourth-order valence-electron chi connectivity index (χ4n) is 1.30. The minimum Gasteiger partial charge on any atom is -0.492 e. The number of carbonyl (C=O) groups excluding carboxylic acids is 1. The number of rotatable bonds is 7. The van der Waals surface area contributed by atoms with Crippen molar-refractivity contribution in [3.8, 4) is 5.75 Å². The molecule has 0 aliphatic carbocycles. The average molecular weight is 291 g/mol. The van der Waals surface area contributed by atoms with Crippen LogP contribution in [0.5, 0.6) is 5.75 Å². The van der Waals surface area contributed by atoms with Gasteiger partial charge >= 0.3 is 0 Å². The molecular weight excluding hydrogens is 275 g/mol. The number of likely N-dealkylation sites (N-methyl/N-ethyl adjacent to an activating group) is 1. The van der Waals surface area contributed by atoms with E-state index in [0.29, 0.717) is 41.9 Å². The van der Waals surface area contributed by atoms with Crippen molar-refractivity contribution in [2.75, 3.05) is 26.7 Å². The number of ether oxygens (including phenoxy) is 1. The highest BCUT2D eigenvalue weighted by Crippen LogP contribution is 2.27. The molecule has 0 heterocycles. The molecule has 0 saturated heterocycles. The van der Waals surface area contributed by atoms with Crippen LogP contribution < -0.4 is 15.4 Å². The Balaban J connectivity index is 2.20. The lowest BCUT2D eigenvalue weighted by atomic mass is 10.3. The van der Waals surface area contributed by atoms with E-state index in [-0.39, 0.29) is 5.91 Å². The summed E-state index contributed by atoms with van der Waals surface area (Å²) in [6, 6.07) is 5.08. The third-order valence-corrected chi connectivity index (χ3v) is 2.66. The highest BCUT2D eigenvalue weighted by atomic mass is 35.5. The number of hydrogen-bond donors (Lipinski definition) is 2. The molecule has 1 amide bonds. The summed E-state index contributed by atoms with van der Waals surface area (Å²) in [4.78, 5) is 11.1. The van der Waals surface area contributed by atoms with Crippen molar-refractivity contribution in [3.05, 3.63) is 28.2 Å². The normalized spacial score (nSPS) is 10.2. The van der Waals surface area contributed by atoms with Gasteiger partial charge in [0.2, 0.25) is 5.91 Å². The van der Waals surface area contributed by atoms with Gasteiger partial charge in [-0.3, -0.25) is 4.79 Å². The molecule has 0 radical (unpaired) electrons. The van der Waals surface area contributed by atoms with Gasteiger partial charge in [-0.25, -0.2) is 0 Å². The minimum absolute atomic E-state index is 0.0259. The molecule has 0 fully saturated rings. The molecular formula is C12H16Cl2N2O2. The minimum atomic E-state index is -0.0259. The monoisotopic (exact) mass is 290 g/mol. The molecule has 1 rings (SSSR count).